The molecule has 0 radical (unpaired) electrons. The Morgan fingerprint density at radius 2 is 1.94 bits per heavy atom. The van der Waals surface area contributed by atoms with Gasteiger partial charge in [-0.3, -0.25) is 19.1 Å². The van der Waals surface area contributed by atoms with E-state index in [1.807, 2.05) is 31.2 Å². The van der Waals surface area contributed by atoms with Gasteiger partial charge in [-0.2, -0.15) is 5.10 Å². The fourth-order valence-electron chi connectivity index (χ4n) is 5.04. The van der Waals surface area contributed by atoms with Gasteiger partial charge in [0.2, 0.25) is 5.91 Å². The van der Waals surface area contributed by atoms with Crippen LogP contribution in [0.5, 0.6) is 5.75 Å². The van der Waals surface area contributed by atoms with Crippen molar-refractivity contribution in [2.75, 3.05) is 13.2 Å². The Kier molecular flexibility index (Phi) is 7.96. The third-order valence-electron chi connectivity index (χ3n) is 7.16. The molecule has 1 atom stereocenters. The van der Waals surface area contributed by atoms with E-state index in [0.29, 0.717) is 18.8 Å². The Morgan fingerprint density at radius 3 is 2.67 bits per heavy atom. The molecule has 1 aromatic heterocycles. The highest BCUT2D eigenvalue weighted by atomic mass is 16.5. The van der Waals surface area contributed by atoms with Crippen LogP contribution in [0.25, 0.3) is 0 Å². The average molecular weight is 496 g/mol. The minimum absolute atomic E-state index is 0.150. The van der Waals surface area contributed by atoms with Crippen molar-refractivity contribution in [2.45, 2.75) is 84.0 Å². The zero-order valence-corrected chi connectivity index (χ0v) is 21.5. The van der Waals surface area contributed by atoms with Crippen LogP contribution in [-0.4, -0.2) is 57.1 Å². The predicted octanol–water partition coefficient (Wildman–Crippen LogP) is 3.29. The van der Waals surface area contributed by atoms with Crippen molar-refractivity contribution in [3.05, 3.63) is 47.3 Å². The monoisotopic (exact) mass is 495 g/mol. The third kappa shape index (κ3) is 5.24. The maximum atomic E-state index is 13.5. The number of hydrogen-bond acceptors (Lipinski definition) is 5. The molecule has 1 saturated carbocycles. The van der Waals surface area contributed by atoms with Gasteiger partial charge in [0.25, 0.3) is 11.8 Å². The predicted molar refractivity (Wildman–Crippen MR) is 136 cm³/mol. The van der Waals surface area contributed by atoms with Gasteiger partial charge in [-0.15, -0.1) is 0 Å². The maximum absolute atomic E-state index is 13.5. The van der Waals surface area contributed by atoms with Gasteiger partial charge in [-0.1, -0.05) is 44.4 Å². The summed E-state index contributed by atoms with van der Waals surface area (Å²) in [4.78, 5) is 41.6. The molecular weight excluding hydrogens is 458 g/mol. The van der Waals surface area contributed by atoms with Crippen LogP contribution in [0.1, 0.15) is 85.8 Å². The van der Waals surface area contributed by atoms with Crippen LogP contribution in [0.15, 0.2) is 30.3 Å². The molecule has 0 spiro atoms. The second-order valence-corrected chi connectivity index (χ2v) is 9.83. The van der Waals surface area contributed by atoms with E-state index in [2.05, 4.69) is 22.7 Å². The van der Waals surface area contributed by atoms with Crippen molar-refractivity contribution < 1.29 is 19.1 Å². The van der Waals surface area contributed by atoms with E-state index in [1.165, 1.54) is 10.7 Å². The lowest BCUT2D eigenvalue weighted by atomic mass is 9.94. The van der Waals surface area contributed by atoms with Gasteiger partial charge in [0, 0.05) is 30.8 Å². The first kappa shape index (κ1) is 25.7. The largest absolute Gasteiger partial charge is 0.494 e. The molecule has 2 aromatic rings. The number of hydrogen-bond donors (Lipinski definition) is 2. The van der Waals surface area contributed by atoms with Crippen LogP contribution < -0.4 is 15.4 Å². The van der Waals surface area contributed by atoms with Gasteiger partial charge >= 0.3 is 0 Å². The fraction of sp³-hybridized carbons (Fsp3) is 0.556. The summed E-state index contributed by atoms with van der Waals surface area (Å²) in [5.74, 6) is -0.0889. The first-order chi connectivity index (χ1) is 17.4. The Morgan fingerprint density at radius 1 is 1.19 bits per heavy atom. The zero-order chi connectivity index (χ0) is 25.7. The van der Waals surface area contributed by atoms with Crippen LogP contribution >= 0.6 is 0 Å². The molecule has 2 N–H and O–H groups in total. The molecule has 0 bridgehead atoms. The number of para-hydroxylation sites is 1. The summed E-state index contributed by atoms with van der Waals surface area (Å²) in [6.45, 7) is 7.26. The lowest BCUT2D eigenvalue weighted by Gasteiger charge is -2.43. The SMILES string of the molecule is CCCCN1C(=O)c2cc(C(=O)NCc3ccccc3OCC)nn2CC1(C)C(=O)NC1CCCC1. The Hall–Kier alpha value is -3.36. The molecule has 1 aliphatic heterocycles. The summed E-state index contributed by atoms with van der Waals surface area (Å²) in [6.07, 6.45) is 5.84. The summed E-state index contributed by atoms with van der Waals surface area (Å²) in [5, 5.41) is 10.5. The van der Waals surface area contributed by atoms with Gasteiger partial charge in [-0.25, -0.2) is 0 Å². The van der Waals surface area contributed by atoms with Gasteiger partial charge in [-0.05, 0) is 39.2 Å². The normalized spacial score (nSPS) is 19.8. The number of amides is 3. The van der Waals surface area contributed by atoms with Gasteiger partial charge in [0.15, 0.2) is 5.69 Å². The fourth-order valence-corrected chi connectivity index (χ4v) is 5.04. The number of ether oxygens (including phenoxy) is 1. The third-order valence-corrected chi connectivity index (χ3v) is 7.16. The number of nitrogens with one attached hydrogen (secondary N) is 2. The number of aromatic nitrogens is 2. The Labute approximate surface area is 212 Å². The first-order valence-electron chi connectivity index (χ1n) is 13.1. The number of carbonyl (C=O) groups is 3. The van der Waals surface area contributed by atoms with Gasteiger partial charge < -0.3 is 20.3 Å². The van der Waals surface area contributed by atoms with E-state index in [9.17, 15) is 14.4 Å². The molecule has 9 heteroatoms. The van der Waals surface area contributed by atoms with Crippen LogP contribution in [0, 0.1) is 0 Å². The van der Waals surface area contributed by atoms with Crippen LogP contribution in [-0.2, 0) is 17.9 Å². The number of nitrogens with zero attached hydrogens (tertiary/aromatic N) is 3. The molecule has 194 valence electrons. The standard InChI is InChI=1S/C27H37N5O4/c1-4-6-15-31-25(34)22-16-21(24(33)28-17-19-11-7-10-14-23(19)36-5-2)30-32(22)18-27(31,3)26(35)29-20-12-8-9-13-20/h7,10-11,14,16,20H,4-6,8-9,12-13,15,17-18H2,1-3H3,(H,28,33)(H,29,35). The Balaban J connectivity index is 1.53. The number of unbranched alkanes of at least 4 members (excludes halogenated alkanes) is 1. The number of benzene rings is 1. The second-order valence-electron chi connectivity index (χ2n) is 9.83. The molecule has 1 unspecified atom stereocenters. The smallest absolute Gasteiger partial charge is 0.273 e. The number of carbonyl (C=O) groups excluding carboxylic acids is 3. The highest BCUT2D eigenvalue weighted by Crippen LogP contribution is 2.29. The minimum atomic E-state index is -1.07. The highest BCUT2D eigenvalue weighted by Gasteiger charge is 2.48. The van der Waals surface area contributed by atoms with E-state index in [1.54, 1.807) is 11.8 Å². The lowest BCUT2D eigenvalue weighted by Crippen LogP contribution is -2.65. The van der Waals surface area contributed by atoms with Gasteiger partial charge in [0.05, 0.1) is 13.2 Å². The first-order valence-corrected chi connectivity index (χ1v) is 13.1. The van der Waals surface area contributed by atoms with Crippen LogP contribution in [0.3, 0.4) is 0 Å². The maximum Gasteiger partial charge on any atom is 0.273 e. The number of rotatable bonds is 10. The molecule has 2 heterocycles. The van der Waals surface area contributed by atoms with E-state index in [4.69, 9.17) is 4.74 Å². The van der Waals surface area contributed by atoms with E-state index < -0.39 is 5.54 Å². The molecule has 36 heavy (non-hydrogen) atoms. The zero-order valence-electron chi connectivity index (χ0n) is 21.5. The minimum Gasteiger partial charge on any atom is -0.494 e. The molecule has 1 fully saturated rings. The highest BCUT2D eigenvalue weighted by molar-refractivity contribution is 6.02. The van der Waals surface area contributed by atoms with Gasteiger partial charge in [0.1, 0.15) is 17.0 Å². The van der Waals surface area contributed by atoms with Crippen molar-refractivity contribution in [1.29, 1.82) is 0 Å². The summed E-state index contributed by atoms with van der Waals surface area (Å²) in [5.41, 5.74) is 0.271. The van der Waals surface area contributed by atoms with E-state index in [0.717, 1.165) is 49.8 Å². The van der Waals surface area contributed by atoms with E-state index >= 15 is 0 Å². The van der Waals surface area contributed by atoms with Crippen LogP contribution in [0.4, 0.5) is 0 Å². The molecule has 2 aliphatic rings. The molecule has 0 saturated heterocycles. The van der Waals surface area contributed by atoms with Crippen molar-refractivity contribution in [3.8, 4) is 5.75 Å². The molecule has 4 rings (SSSR count). The average Bonchev–Trinajstić information content (AvgIpc) is 3.53. The molecule has 1 aromatic carbocycles. The molecular formula is C27H37N5O4. The molecule has 3 amide bonds. The van der Waals surface area contributed by atoms with Crippen molar-refractivity contribution in [1.82, 2.24) is 25.3 Å². The summed E-state index contributed by atoms with van der Waals surface area (Å²) in [7, 11) is 0. The van der Waals surface area contributed by atoms with Crippen molar-refractivity contribution in [3.63, 3.8) is 0 Å². The molecule has 9 nitrogen and oxygen atoms in total. The Bertz CT molecular complexity index is 1110. The summed E-state index contributed by atoms with van der Waals surface area (Å²) < 4.78 is 7.15. The number of fused-ring (bicyclic) bond motifs is 1. The second kappa shape index (κ2) is 11.1. The van der Waals surface area contributed by atoms with Crippen molar-refractivity contribution in [2.24, 2.45) is 0 Å². The summed E-state index contributed by atoms with van der Waals surface area (Å²) >= 11 is 0. The quantitative estimate of drug-likeness (QED) is 0.526. The van der Waals surface area contributed by atoms with E-state index in [-0.39, 0.29) is 42.5 Å². The molecule has 1 aliphatic carbocycles. The van der Waals surface area contributed by atoms with Crippen molar-refractivity contribution >= 4 is 17.7 Å². The summed E-state index contributed by atoms with van der Waals surface area (Å²) in [6, 6.07) is 9.21. The van der Waals surface area contributed by atoms with Crippen LogP contribution in [0.2, 0.25) is 0 Å². The topological polar surface area (TPSA) is 106 Å². The lowest BCUT2D eigenvalue weighted by molar-refractivity contribution is -0.133.